The molecule has 0 aliphatic heterocycles. The molecule has 2 heterocycles. The second-order valence-electron chi connectivity index (χ2n) is 12.8. The van der Waals surface area contributed by atoms with Crippen molar-refractivity contribution in [3.63, 3.8) is 0 Å². The first kappa shape index (κ1) is 29.0. The third kappa shape index (κ3) is 5.04. The smallest absolute Gasteiger partial charge is 0.227 e. The summed E-state index contributed by atoms with van der Waals surface area (Å²) in [6.07, 6.45) is 0. The van der Waals surface area contributed by atoms with Crippen molar-refractivity contribution >= 4 is 60.9 Å². The number of fused-ring (bicyclic) bond motifs is 5. The van der Waals surface area contributed by atoms with Crippen molar-refractivity contribution in [3.05, 3.63) is 182 Å². The van der Waals surface area contributed by atoms with Crippen LogP contribution in [0, 0.1) is 0 Å². The Bertz CT molecular complexity index is 2850. The van der Waals surface area contributed by atoms with Crippen LogP contribution in [0.15, 0.2) is 191 Å². The molecular formula is C47H30N2O2. The Labute approximate surface area is 294 Å². The number of aromatic nitrogens is 1. The van der Waals surface area contributed by atoms with E-state index in [0.717, 1.165) is 61.2 Å². The molecule has 0 bridgehead atoms. The largest absolute Gasteiger partial charge is 0.456 e. The molecule has 8 aromatic carbocycles. The molecule has 10 rings (SSSR count). The Morgan fingerprint density at radius 2 is 1.04 bits per heavy atom. The fraction of sp³-hybridized carbons (Fsp3) is 0. The zero-order chi connectivity index (χ0) is 33.7. The monoisotopic (exact) mass is 654 g/mol. The lowest BCUT2D eigenvalue weighted by atomic mass is 9.97. The Morgan fingerprint density at radius 1 is 0.392 bits per heavy atom. The molecule has 0 N–H and O–H groups in total. The van der Waals surface area contributed by atoms with E-state index in [1.807, 2.05) is 36.4 Å². The van der Waals surface area contributed by atoms with E-state index in [-0.39, 0.29) is 0 Å². The molecule has 4 nitrogen and oxygen atoms in total. The molecule has 240 valence electrons. The summed E-state index contributed by atoms with van der Waals surface area (Å²) in [6, 6.07) is 63.5. The number of furan rings is 1. The molecular weight excluding hydrogens is 625 g/mol. The summed E-state index contributed by atoms with van der Waals surface area (Å²) in [4.78, 5) is 7.13. The van der Waals surface area contributed by atoms with E-state index >= 15 is 0 Å². The van der Waals surface area contributed by atoms with Crippen LogP contribution in [0.25, 0.3) is 77.5 Å². The Balaban J connectivity index is 1.11. The van der Waals surface area contributed by atoms with Crippen molar-refractivity contribution in [2.75, 3.05) is 4.90 Å². The lowest BCUT2D eigenvalue weighted by molar-refractivity contribution is 0.617. The summed E-state index contributed by atoms with van der Waals surface area (Å²) in [5.74, 6) is 0.601. The predicted octanol–water partition coefficient (Wildman–Crippen LogP) is 13.4. The minimum Gasteiger partial charge on any atom is -0.456 e. The molecule has 10 aromatic rings. The second-order valence-corrected chi connectivity index (χ2v) is 12.8. The number of anilines is 3. The Morgan fingerprint density at radius 3 is 1.88 bits per heavy atom. The fourth-order valence-electron chi connectivity index (χ4n) is 7.25. The Hall–Kier alpha value is -6.91. The van der Waals surface area contributed by atoms with Crippen molar-refractivity contribution in [1.82, 2.24) is 4.98 Å². The van der Waals surface area contributed by atoms with Gasteiger partial charge in [0.2, 0.25) is 5.89 Å². The van der Waals surface area contributed by atoms with E-state index in [1.54, 1.807) is 0 Å². The highest BCUT2D eigenvalue weighted by molar-refractivity contribution is 6.10. The van der Waals surface area contributed by atoms with Crippen LogP contribution in [-0.2, 0) is 0 Å². The molecule has 0 amide bonds. The molecule has 0 aliphatic rings. The van der Waals surface area contributed by atoms with E-state index in [9.17, 15) is 0 Å². The fourth-order valence-corrected chi connectivity index (χ4v) is 7.25. The number of oxazole rings is 1. The lowest BCUT2D eigenvalue weighted by Crippen LogP contribution is -2.11. The van der Waals surface area contributed by atoms with Crippen LogP contribution in [0.3, 0.4) is 0 Å². The van der Waals surface area contributed by atoms with Crippen molar-refractivity contribution in [1.29, 1.82) is 0 Å². The predicted molar refractivity (Wildman–Crippen MR) is 210 cm³/mol. The van der Waals surface area contributed by atoms with Gasteiger partial charge in [0.25, 0.3) is 0 Å². The van der Waals surface area contributed by atoms with E-state index in [0.29, 0.717) is 11.5 Å². The van der Waals surface area contributed by atoms with Crippen molar-refractivity contribution < 1.29 is 8.83 Å². The molecule has 0 aliphatic carbocycles. The van der Waals surface area contributed by atoms with E-state index in [4.69, 9.17) is 13.8 Å². The number of nitrogens with zero attached hydrogens (tertiary/aromatic N) is 2. The maximum atomic E-state index is 6.56. The van der Waals surface area contributed by atoms with Gasteiger partial charge in [-0.25, -0.2) is 4.98 Å². The van der Waals surface area contributed by atoms with Gasteiger partial charge in [0, 0.05) is 45.4 Å². The van der Waals surface area contributed by atoms with Gasteiger partial charge in [0.05, 0.1) is 5.69 Å². The van der Waals surface area contributed by atoms with E-state index in [2.05, 4.69) is 150 Å². The molecule has 0 spiro atoms. The normalized spacial score (nSPS) is 11.5. The third-order valence-electron chi connectivity index (χ3n) is 9.70. The molecule has 0 saturated heterocycles. The average molecular weight is 655 g/mol. The summed E-state index contributed by atoms with van der Waals surface area (Å²) < 4.78 is 12.7. The summed E-state index contributed by atoms with van der Waals surface area (Å²) in [5.41, 5.74) is 11.8. The van der Waals surface area contributed by atoms with Crippen LogP contribution in [0.4, 0.5) is 17.1 Å². The summed E-state index contributed by atoms with van der Waals surface area (Å²) in [5, 5.41) is 4.51. The number of hydrogen-bond donors (Lipinski definition) is 0. The van der Waals surface area contributed by atoms with Gasteiger partial charge in [-0.3, -0.25) is 0 Å². The van der Waals surface area contributed by atoms with Gasteiger partial charge in [0.1, 0.15) is 16.7 Å². The molecule has 0 saturated carbocycles. The van der Waals surface area contributed by atoms with Gasteiger partial charge in [-0.2, -0.15) is 0 Å². The third-order valence-corrected chi connectivity index (χ3v) is 9.70. The number of hydrogen-bond acceptors (Lipinski definition) is 4. The Kier molecular flexibility index (Phi) is 6.78. The van der Waals surface area contributed by atoms with Crippen LogP contribution < -0.4 is 4.90 Å². The number of para-hydroxylation sites is 1. The standard InChI is InChI=1S/C47H30N2O2/c1-3-12-32(13-4-1)39-19-9-10-21-43(39)49(35-24-22-33(23-25-35)38-20-11-17-31-14-7-8-18-37(31)38)36-26-27-40-41-29-42-46(30-45(41)50-44(40)28-36)51-47(48-42)34-15-5-2-6-16-34/h1-30H. The first-order valence-corrected chi connectivity index (χ1v) is 17.1. The van der Waals surface area contributed by atoms with Gasteiger partial charge in [-0.05, 0) is 76.0 Å². The SMILES string of the molecule is c1ccc(-c2nc3cc4c(cc3o2)oc2cc(N(c3ccc(-c5cccc6ccccc56)cc3)c3ccccc3-c3ccccc3)ccc24)cc1. The van der Waals surface area contributed by atoms with Gasteiger partial charge in [-0.1, -0.05) is 121 Å². The number of rotatable bonds is 6. The zero-order valence-corrected chi connectivity index (χ0v) is 27.5. The molecule has 0 unspecified atom stereocenters. The van der Waals surface area contributed by atoms with Gasteiger partial charge in [0.15, 0.2) is 5.58 Å². The molecule has 0 radical (unpaired) electrons. The summed E-state index contributed by atoms with van der Waals surface area (Å²) >= 11 is 0. The molecule has 0 atom stereocenters. The highest BCUT2D eigenvalue weighted by atomic mass is 16.4. The highest BCUT2D eigenvalue weighted by Crippen LogP contribution is 2.44. The van der Waals surface area contributed by atoms with Crippen LogP contribution in [0.2, 0.25) is 0 Å². The van der Waals surface area contributed by atoms with Crippen LogP contribution in [-0.4, -0.2) is 4.98 Å². The first-order valence-electron chi connectivity index (χ1n) is 17.1. The quantitative estimate of drug-likeness (QED) is 0.179. The van der Waals surface area contributed by atoms with Gasteiger partial charge in [-0.15, -0.1) is 0 Å². The molecule has 2 aromatic heterocycles. The molecule has 0 fully saturated rings. The first-order chi connectivity index (χ1) is 25.3. The van der Waals surface area contributed by atoms with Gasteiger partial charge >= 0.3 is 0 Å². The van der Waals surface area contributed by atoms with Crippen LogP contribution >= 0.6 is 0 Å². The van der Waals surface area contributed by atoms with E-state index in [1.165, 1.54) is 21.9 Å². The molecule has 4 heteroatoms. The maximum absolute atomic E-state index is 6.56. The highest BCUT2D eigenvalue weighted by Gasteiger charge is 2.20. The average Bonchev–Trinajstić information content (AvgIpc) is 3.78. The zero-order valence-electron chi connectivity index (χ0n) is 27.5. The van der Waals surface area contributed by atoms with Crippen LogP contribution in [0.1, 0.15) is 0 Å². The molecule has 51 heavy (non-hydrogen) atoms. The van der Waals surface area contributed by atoms with E-state index < -0.39 is 0 Å². The van der Waals surface area contributed by atoms with Gasteiger partial charge < -0.3 is 13.7 Å². The lowest BCUT2D eigenvalue weighted by Gasteiger charge is -2.28. The minimum absolute atomic E-state index is 0.601. The van der Waals surface area contributed by atoms with Crippen molar-refractivity contribution in [2.24, 2.45) is 0 Å². The topological polar surface area (TPSA) is 42.4 Å². The second kappa shape index (κ2) is 11.9. The minimum atomic E-state index is 0.601. The summed E-state index contributed by atoms with van der Waals surface area (Å²) in [7, 11) is 0. The van der Waals surface area contributed by atoms with Crippen LogP contribution in [0.5, 0.6) is 0 Å². The maximum Gasteiger partial charge on any atom is 0.227 e. The van der Waals surface area contributed by atoms with Crippen molar-refractivity contribution in [2.45, 2.75) is 0 Å². The summed E-state index contributed by atoms with van der Waals surface area (Å²) in [6.45, 7) is 0. The number of benzene rings is 8. The van der Waals surface area contributed by atoms with Crippen molar-refractivity contribution in [3.8, 4) is 33.7 Å².